The summed E-state index contributed by atoms with van der Waals surface area (Å²) in [5.41, 5.74) is 4.42. The lowest BCUT2D eigenvalue weighted by Gasteiger charge is -2.20. The normalized spacial score (nSPS) is 11.2. The highest BCUT2D eigenvalue weighted by Gasteiger charge is 2.14. The van der Waals surface area contributed by atoms with Crippen LogP contribution in [-0.2, 0) is 11.3 Å². The van der Waals surface area contributed by atoms with Crippen molar-refractivity contribution in [3.05, 3.63) is 68.2 Å². The Balaban J connectivity index is 1.75. The largest absolute Gasteiger partial charge is 0.324 e. The van der Waals surface area contributed by atoms with Crippen LogP contribution in [0.2, 0.25) is 5.02 Å². The molecule has 0 atom stereocenters. The number of halogens is 1. The fraction of sp³-hybridized carbons (Fsp3) is 0.318. The van der Waals surface area contributed by atoms with Gasteiger partial charge in [-0.25, -0.2) is 4.98 Å². The highest BCUT2D eigenvalue weighted by atomic mass is 35.5. The zero-order valence-corrected chi connectivity index (χ0v) is 17.9. The Labute approximate surface area is 174 Å². The van der Waals surface area contributed by atoms with E-state index in [-0.39, 0.29) is 18.0 Å². The quantitative estimate of drug-likeness (QED) is 0.642. The SMILES string of the molecule is CCN(CC(=O)Nc1c(C)cc(C)cc1C)Cc1nc2cc(Cl)ccc2c(=O)[nH]1. The third-order valence-corrected chi connectivity index (χ3v) is 5.08. The monoisotopic (exact) mass is 412 g/mol. The molecule has 7 heteroatoms. The molecule has 2 aromatic carbocycles. The number of aromatic amines is 1. The van der Waals surface area contributed by atoms with Crippen LogP contribution in [0.25, 0.3) is 10.9 Å². The molecule has 0 aliphatic heterocycles. The summed E-state index contributed by atoms with van der Waals surface area (Å²) in [6.45, 7) is 9.16. The third-order valence-electron chi connectivity index (χ3n) is 4.85. The summed E-state index contributed by atoms with van der Waals surface area (Å²) in [4.78, 5) is 34.2. The Morgan fingerprint density at radius 2 is 1.86 bits per heavy atom. The molecule has 0 saturated carbocycles. The molecule has 6 nitrogen and oxygen atoms in total. The molecule has 1 amide bonds. The van der Waals surface area contributed by atoms with E-state index in [1.54, 1.807) is 18.2 Å². The molecule has 3 aromatic rings. The van der Waals surface area contributed by atoms with Gasteiger partial charge in [0.2, 0.25) is 5.91 Å². The van der Waals surface area contributed by atoms with Crippen LogP contribution in [0.15, 0.2) is 35.1 Å². The molecule has 0 radical (unpaired) electrons. The van der Waals surface area contributed by atoms with Crippen molar-refractivity contribution in [3.8, 4) is 0 Å². The predicted octanol–water partition coefficient (Wildman–Crippen LogP) is 3.96. The number of likely N-dealkylation sites (N-methyl/N-ethyl adjacent to an activating group) is 1. The van der Waals surface area contributed by atoms with Crippen LogP contribution in [0.4, 0.5) is 5.69 Å². The van der Waals surface area contributed by atoms with Gasteiger partial charge in [-0.05, 0) is 56.6 Å². The minimum atomic E-state index is -0.215. The summed E-state index contributed by atoms with van der Waals surface area (Å²) in [5, 5.41) is 4.03. The van der Waals surface area contributed by atoms with Crippen LogP contribution < -0.4 is 10.9 Å². The van der Waals surface area contributed by atoms with Gasteiger partial charge < -0.3 is 10.3 Å². The van der Waals surface area contributed by atoms with E-state index in [1.807, 2.05) is 32.6 Å². The molecule has 3 rings (SSSR count). The molecule has 0 bridgehead atoms. The molecule has 0 saturated heterocycles. The zero-order valence-electron chi connectivity index (χ0n) is 17.1. The molecule has 2 N–H and O–H groups in total. The van der Waals surface area contributed by atoms with E-state index in [0.29, 0.717) is 34.8 Å². The Hall–Kier alpha value is -2.70. The maximum atomic E-state index is 12.6. The van der Waals surface area contributed by atoms with Crippen molar-refractivity contribution in [3.63, 3.8) is 0 Å². The molecule has 0 aliphatic carbocycles. The number of amides is 1. The van der Waals surface area contributed by atoms with E-state index >= 15 is 0 Å². The number of hydrogen-bond acceptors (Lipinski definition) is 4. The Bertz CT molecular complexity index is 1100. The molecule has 0 unspecified atom stereocenters. The number of hydrogen-bond donors (Lipinski definition) is 2. The Morgan fingerprint density at radius 1 is 1.17 bits per heavy atom. The molecule has 0 fully saturated rings. The maximum absolute atomic E-state index is 12.6. The first-order chi connectivity index (χ1) is 13.8. The van der Waals surface area contributed by atoms with Crippen LogP contribution in [-0.4, -0.2) is 33.9 Å². The van der Waals surface area contributed by atoms with Crippen molar-refractivity contribution in [1.82, 2.24) is 14.9 Å². The average Bonchev–Trinajstić information content (AvgIpc) is 2.63. The van der Waals surface area contributed by atoms with Gasteiger partial charge in [0, 0.05) is 10.7 Å². The summed E-state index contributed by atoms with van der Waals surface area (Å²) in [6.07, 6.45) is 0. The predicted molar refractivity (Wildman–Crippen MR) is 118 cm³/mol. The molecule has 152 valence electrons. The first-order valence-corrected chi connectivity index (χ1v) is 9.93. The van der Waals surface area contributed by atoms with E-state index in [9.17, 15) is 9.59 Å². The summed E-state index contributed by atoms with van der Waals surface area (Å²) < 4.78 is 0. The first-order valence-electron chi connectivity index (χ1n) is 9.55. The summed E-state index contributed by atoms with van der Waals surface area (Å²) in [6, 6.07) is 9.09. The van der Waals surface area contributed by atoms with Gasteiger partial charge in [-0.1, -0.05) is 36.2 Å². The number of nitrogens with zero attached hydrogens (tertiary/aromatic N) is 2. The number of H-pyrrole nitrogens is 1. The lowest BCUT2D eigenvalue weighted by Crippen LogP contribution is -2.34. The van der Waals surface area contributed by atoms with Gasteiger partial charge in [0.25, 0.3) is 5.56 Å². The van der Waals surface area contributed by atoms with E-state index in [0.717, 1.165) is 16.8 Å². The smallest absolute Gasteiger partial charge is 0.258 e. The molecule has 1 heterocycles. The van der Waals surface area contributed by atoms with Crippen LogP contribution in [0.5, 0.6) is 0 Å². The number of anilines is 1. The second-order valence-electron chi connectivity index (χ2n) is 7.30. The van der Waals surface area contributed by atoms with E-state index in [1.165, 1.54) is 5.56 Å². The summed E-state index contributed by atoms with van der Waals surface area (Å²) >= 11 is 6.02. The van der Waals surface area contributed by atoms with Crippen molar-refractivity contribution in [2.45, 2.75) is 34.2 Å². The minimum Gasteiger partial charge on any atom is -0.324 e. The first kappa shape index (κ1) is 21.0. The topological polar surface area (TPSA) is 78.1 Å². The van der Waals surface area contributed by atoms with Crippen molar-refractivity contribution < 1.29 is 4.79 Å². The van der Waals surface area contributed by atoms with Crippen LogP contribution in [0.1, 0.15) is 29.4 Å². The number of fused-ring (bicyclic) bond motifs is 1. The van der Waals surface area contributed by atoms with Gasteiger partial charge >= 0.3 is 0 Å². The number of nitrogens with one attached hydrogen (secondary N) is 2. The number of carbonyl (C=O) groups is 1. The molecule has 0 aliphatic rings. The molecular weight excluding hydrogens is 388 g/mol. The van der Waals surface area contributed by atoms with Crippen LogP contribution in [0, 0.1) is 20.8 Å². The average molecular weight is 413 g/mol. The summed E-state index contributed by atoms with van der Waals surface area (Å²) in [5.74, 6) is 0.398. The summed E-state index contributed by atoms with van der Waals surface area (Å²) in [7, 11) is 0. The van der Waals surface area contributed by atoms with Crippen LogP contribution >= 0.6 is 11.6 Å². The molecular formula is C22H25ClN4O2. The van der Waals surface area contributed by atoms with Crippen molar-refractivity contribution >= 4 is 34.1 Å². The van der Waals surface area contributed by atoms with Gasteiger partial charge in [0.15, 0.2) is 0 Å². The van der Waals surface area contributed by atoms with Crippen molar-refractivity contribution in [1.29, 1.82) is 0 Å². The highest BCUT2D eigenvalue weighted by molar-refractivity contribution is 6.31. The molecule has 1 aromatic heterocycles. The molecule has 29 heavy (non-hydrogen) atoms. The maximum Gasteiger partial charge on any atom is 0.258 e. The highest BCUT2D eigenvalue weighted by Crippen LogP contribution is 2.22. The number of aromatic nitrogens is 2. The van der Waals surface area contributed by atoms with E-state index in [4.69, 9.17) is 11.6 Å². The van der Waals surface area contributed by atoms with E-state index in [2.05, 4.69) is 27.4 Å². The van der Waals surface area contributed by atoms with Gasteiger partial charge in [-0.3, -0.25) is 14.5 Å². The second kappa shape index (κ2) is 8.76. The lowest BCUT2D eigenvalue weighted by atomic mass is 10.1. The third kappa shape index (κ3) is 5.02. The van der Waals surface area contributed by atoms with Gasteiger partial charge in [0.05, 0.1) is 24.0 Å². The Morgan fingerprint density at radius 3 is 2.52 bits per heavy atom. The van der Waals surface area contributed by atoms with Crippen LogP contribution in [0.3, 0.4) is 0 Å². The number of benzene rings is 2. The number of aryl methyl sites for hydroxylation is 3. The minimum absolute atomic E-state index is 0.104. The lowest BCUT2D eigenvalue weighted by molar-refractivity contribution is -0.117. The number of rotatable bonds is 6. The van der Waals surface area contributed by atoms with Gasteiger partial charge in [-0.15, -0.1) is 0 Å². The fourth-order valence-corrected chi connectivity index (χ4v) is 3.65. The second-order valence-corrected chi connectivity index (χ2v) is 7.74. The Kier molecular flexibility index (Phi) is 6.35. The van der Waals surface area contributed by atoms with Gasteiger partial charge in [0.1, 0.15) is 5.82 Å². The zero-order chi connectivity index (χ0) is 21.1. The van der Waals surface area contributed by atoms with Crippen molar-refractivity contribution in [2.75, 3.05) is 18.4 Å². The molecule has 0 spiro atoms. The van der Waals surface area contributed by atoms with Gasteiger partial charge in [-0.2, -0.15) is 0 Å². The standard InChI is InChI=1S/C22H25ClN4O2/c1-5-27(12-20(28)26-21-14(3)8-13(2)9-15(21)4)11-19-24-18-10-16(23)6-7-17(18)22(29)25-19/h6-10H,5,11-12H2,1-4H3,(H,26,28)(H,24,25,29). The van der Waals surface area contributed by atoms with E-state index < -0.39 is 0 Å². The fourth-order valence-electron chi connectivity index (χ4n) is 3.49. The van der Waals surface area contributed by atoms with Crippen molar-refractivity contribution in [2.24, 2.45) is 0 Å². The number of carbonyl (C=O) groups excluding carboxylic acids is 1.